The normalized spacial score (nSPS) is 14.0. The standard InChI is InChI=1S/C14H15BrN3.Pd/c15-9-10-5-7-11(8-6-10)12-3-1-2-4-13(12)14(16)18-17;/h1,3,5-8H,2,4,9,17H2,(H-,16,18);/q-1;. The maximum atomic E-state index is 7.80. The van der Waals surface area contributed by atoms with Crippen LogP contribution in [0.15, 0.2) is 42.0 Å². The van der Waals surface area contributed by atoms with E-state index in [1.165, 1.54) is 5.56 Å². The fraction of sp³-hybridized carbons (Fsp3) is 0.214. The van der Waals surface area contributed by atoms with Crippen molar-refractivity contribution in [1.82, 2.24) is 0 Å². The SMILES string of the molecule is N=C([N-]N)C1=C(c2ccc(CBr)cc2)C=CCC1.[Pd]. The summed E-state index contributed by atoms with van der Waals surface area (Å²) in [6, 6.07) is 8.32. The average molecular weight is 412 g/mol. The second kappa shape index (κ2) is 7.76. The molecule has 2 rings (SSSR count). The summed E-state index contributed by atoms with van der Waals surface area (Å²) in [4.78, 5) is 0. The van der Waals surface area contributed by atoms with Crippen molar-refractivity contribution in [3.05, 3.63) is 58.5 Å². The van der Waals surface area contributed by atoms with Crippen LogP contribution in [0.3, 0.4) is 0 Å². The van der Waals surface area contributed by atoms with Crippen LogP contribution < -0.4 is 5.84 Å². The van der Waals surface area contributed by atoms with Crippen molar-refractivity contribution in [2.75, 3.05) is 0 Å². The Bertz CT molecular complexity index is 506. The van der Waals surface area contributed by atoms with Crippen LogP contribution in [0.25, 0.3) is 11.0 Å². The van der Waals surface area contributed by atoms with Crippen molar-refractivity contribution in [3.63, 3.8) is 0 Å². The number of halogens is 1. The zero-order chi connectivity index (χ0) is 13.0. The Hall–Kier alpha value is -0.728. The Morgan fingerprint density at radius 2 is 2.00 bits per heavy atom. The molecule has 3 N–H and O–H groups in total. The molecule has 0 spiro atoms. The van der Waals surface area contributed by atoms with Gasteiger partial charge in [-0.3, -0.25) is 0 Å². The van der Waals surface area contributed by atoms with Gasteiger partial charge < -0.3 is 16.7 Å². The van der Waals surface area contributed by atoms with Crippen LogP contribution in [0.1, 0.15) is 24.0 Å². The molecule has 0 unspecified atom stereocenters. The van der Waals surface area contributed by atoms with Gasteiger partial charge in [-0.25, -0.2) is 0 Å². The van der Waals surface area contributed by atoms with E-state index in [1.807, 2.05) is 0 Å². The van der Waals surface area contributed by atoms with E-state index >= 15 is 0 Å². The van der Waals surface area contributed by atoms with Crippen molar-refractivity contribution in [2.24, 2.45) is 5.84 Å². The van der Waals surface area contributed by atoms with E-state index in [0.717, 1.165) is 34.9 Å². The molecule has 1 aliphatic carbocycles. The molecule has 104 valence electrons. The maximum Gasteiger partial charge on any atom is 0.0283 e. The molecular formula is C14H15BrN3Pd-. The number of benzene rings is 1. The summed E-state index contributed by atoms with van der Waals surface area (Å²) in [5, 5.41) is 8.65. The van der Waals surface area contributed by atoms with Gasteiger partial charge in [-0.1, -0.05) is 58.2 Å². The van der Waals surface area contributed by atoms with Gasteiger partial charge in [0, 0.05) is 25.8 Å². The van der Waals surface area contributed by atoms with Gasteiger partial charge in [0.2, 0.25) is 0 Å². The molecule has 0 aliphatic heterocycles. The Labute approximate surface area is 135 Å². The Balaban J connectivity index is 0.00000180. The summed E-state index contributed by atoms with van der Waals surface area (Å²) < 4.78 is 0. The van der Waals surface area contributed by atoms with Crippen LogP contribution in [-0.2, 0) is 25.8 Å². The molecule has 0 saturated carbocycles. The first-order chi connectivity index (χ1) is 8.76. The first-order valence-corrected chi connectivity index (χ1v) is 6.93. The number of rotatable bonds is 3. The predicted octanol–water partition coefficient (Wildman–Crippen LogP) is 3.91. The van der Waals surface area contributed by atoms with Gasteiger partial charge in [-0.15, -0.1) is 0 Å². The molecule has 0 aromatic heterocycles. The van der Waals surface area contributed by atoms with Crippen molar-refractivity contribution in [2.45, 2.75) is 18.2 Å². The molecule has 3 nitrogen and oxygen atoms in total. The van der Waals surface area contributed by atoms with Crippen molar-refractivity contribution >= 4 is 27.3 Å². The van der Waals surface area contributed by atoms with E-state index in [9.17, 15) is 0 Å². The molecular weight excluding hydrogens is 396 g/mol. The summed E-state index contributed by atoms with van der Waals surface area (Å²) in [6.45, 7) is 0. The van der Waals surface area contributed by atoms with Gasteiger partial charge in [0.15, 0.2) is 0 Å². The van der Waals surface area contributed by atoms with Crippen molar-refractivity contribution in [3.8, 4) is 0 Å². The third-order valence-electron chi connectivity index (χ3n) is 3.00. The minimum absolute atomic E-state index is 0. The number of allylic oxidation sites excluding steroid dienone is 3. The number of nitrogens with one attached hydrogen (secondary N) is 1. The van der Waals surface area contributed by atoms with E-state index < -0.39 is 0 Å². The van der Waals surface area contributed by atoms with Gasteiger partial charge in [-0.2, -0.15) is 0 Å². The van der Waals surface area contributed by atoms with Crippen LogP contribution in [0.2, 0.25) is 0 Å². The molecule has 0 atom stereocenters. The number of nitrogens with two attached hydrogens (primary N) is 1. The summed E-state index contributed by atoms with van der Waals surface area (Å²) in [6.07, 6.45) is 5.95. The molecule has 0 radical (unpaired) electrons. The fourth-order valence-corrected chi connectivity index (χ4v) is 2.41. The zero-order valence-electron chi connectivity index (χ0n) is 10.3. The first-order valence-electron chi connectivity index (χ1n) is 5.81. The Morgan fingerprint density at radius 1 is 1.32 bits per heavy atom. The monoisotopic (exact) mass is 410 g/mol. The molecule has 1 aromatic carbocycles. The maximum absolute atomic E-state index is 7.80. The smallest absolute Gasteiger partial charge is 0.0283 e. The average Bonchev–Trinajstić information content (AvgIpc) is 2.46. The number of hydrogen-bond donors (Lipinski definition) is 2. The number of alkyl halides is 1. The van der Waals surface area contributed by atoms with Crippen LogP contribution in [0.5, 0.6) is 0 Å². The van der Waals surface area contributed by atoms with E-state index in [1.54, 1.807) is 0 Å². The third-order valence-corrected chi connectivity index (χ3v) is 3.65. The fourth-order valence-electron chi connectivity index (χ4n) is 2.03. The van der Waals surface area contributed by atoms with Gasteiger partial charge in [0.1, 0.15) is 0 Å². The number of nitrogens with zero attached hydrogens (tertiary/aromatic N) is 1. The van der Waals surface area contributed by atoms with E-state index in [2.05, 4.69) is 57.8 Å². The largest absolute Gasteiger partial charge is 0.481 e. The van der Waals surface area contributed by atoms with Gasteiger partial charge >= 0.3 is 0 Å². The van der Waals surface area contributed by atoms with Crippen molar-refractivity contribution in [1.29, 1.82) is 5.41 Å². The van der Waals surface area contributed by atoms with Crippen LogP contribution in [-0.4, -0.2) is 5.84 Å². The van der Waals surface area contributed by atoms with E-state index in [4.69, 9.17) is 11.3 Å². The van der Waals surface area contributed by atoms with E-state index in [-0.39, 0.29) is 26.3 Å². The van der Waals surface area contributed by atoms with Gasteiger partial charge in [-0.05, 0) is 35.1 Å². The second-order valence-electron chi connectivity index (χ2n) is 4.14. The Kier molecular flexibility index (Phi) is 6.67. The Morgan fingerprint density at radius 3 is 2.58 bits per heavy atom. The number of amidine groups is 1. The van der Waals surface area contributed by atoms with Crippen LogP contribution >= 0.6 is 15.9 Å². The quantitative estimate of drug-likeness (QED) is 0.194. The zero-order valence-corrected chi connectivity index (χ0v) is 13.4. The first kappa shape index (κ1) is 16.3. The summed E-state index contributed by atoms with van der Waals surface area (Å²) in [5.74, 6) is 5.40. The van der Waals surface area contributed by atoms with Gasteiger partial charge in [0.25, 0.3) is 0 Å². The summed E-state index contributed by atoms with van der Waals surface area (Å²) >= 11 is 3.43. The predicted molar refractivity (Wildman–Crippen MR) is 79.6 cm³/mol. The van der Waals surface area contributed by atoms with Crippen LogP contribution in [0.4, 0.5) is 0 Å². The van der Waals surface area contributed by atoms with Crippen LogP contribution in [0, 0.1) is 5.41 Å². The molecule has 0 bridgehead atoms. The second-order valence-corrected chi connectivity index (χ2v) is 4.70. The number of hydrogen-bond acceptors (Lipinski definition) is 2. The molecule has 19 heavy (non-hydrogen) atoms. The summed E-state index contributed by atoms with van der Waals surface area (Å²) in [7, 11) is 0. The molecule has 1 aliphatic rings. The van der Waals surface area contributed by atoms with E-state index in [0.29, 0.717) is 0 Å². The molecule has 5 heteroatoms. The minimum atomic E-state index is 0. The third kappa shape index (κ3) is 3.87. The van der Waals surface area contributed by atoms with Crippen molar-refractivity contribution < 1.29 is 20.4 Å². The molecule has 0 saturated heterocycles. The summed E-state index contributed by atoms with van der Waals surface area (Å²) in [5.41, 5.74) is 7.83. The van der Waals surface area contributed by atoms with Gasteiger partial charge in [0.05, 0.1) is 0 Å². The molecule has 1 aromatic rings. The minimum Gasteiger partial charge on any atom is -0.481 e. The molecule has 0 amide bonds. The molecule has 0 fully saturated rings. The molecule has 0 heterocycles. The topological polar surface area (TPSA) is 64.0 Å².